The number of carbonyl (C=O) groups is 1. The summed E-state index contributed by atoms with van der Waals surface area (Å²) in [5.41, 5.74) is -0.350. The van der Waals surface area contributed by atoms with Gasteiger partial charge in [0, 0.05) is 20.6 Å². The van der Waals surface area contributed by atoms with Crippen molar-refractivity contribution in [3.8, 4) is 0 Å². The lowest BCUT2D eigenvalue weighted by Gasteiger charge is -2.28. The molecular weight excluding hydrogens is 575 g/mol. The van der Waals surface area contributed by atoms with Crippen molar-refractivity contribution in [1.29, 1.82) is 0 Å². The van der Waals surface area contributed by atoms with Crippen LogP contribution in [-0.4, -0.2) is 29.9 Å². The average molecular weight is 598 g/mol. The van der Waals surface area contributed by atoms with Crippen LogP contribution in [0, 0.1) is 0 Å². The molecule has 1 aromatic heterocycles. The maximum atomic E-state index is 14.1. The summed E-state index contributed by atoms with van der Waals surface area (Å²) in [6.45, 7) is 1.70. The van der Waals surface area contributed by atoms with Gasteiger partial charge in [0.25, 0.3) is 15.9 Å². The fourth-order valence-corrected chi connectivity index (χ4v) is 7.20. The number of imidazole rings is 1. The molecule has 1 aliphatic carbocycles. The van der Waals surface area contributed by atoms with Gasteiger partial charge >= 0.3 is 0 Å². The zero-order valence-electron chi connectivity index (χ0n) is 18.8. The van der Waals surface area contributed by atoms with E-state index in [4.69, 9.17) is 23.2 Å². The summed E-state index contributed by atoms with van der Waals surface area (Å²) in [7, 11) is -3.96. The second-order valence-electron chi connectivity index (χ2n) is 9.04. The monoisotopic (exact) mass is 596 g/mol. The second-order valence-corrected chi connectivity index (χ2v) is 12.5. The molecule has 5 rings (SSSR count). The lowest BCUT2D eigenvalue weighted by molar-refractivity contribution is -0.122. The van der Waals surface area contributed by atoms with Crippen LogP contribution in [0.2, 0.25) is 10.0 Å². The molecular formula is C24H23BrCl2N4O3S. The number of hydrogen-bond donors (Lipinski definition) is 1. The molecule has 0 spiro atoms. The van der Waals surface area contributed by atoms with Gasteiger partial charge in [-0.3, -0.25) is 9.36 Å². The number of sulfonamides is 1. The highest BCUT2D eigenvalue weighted by Gasteiger charge is 2.53. The van der Waals surface area contributed by atoms with E-state index in [2.05, 4.69) is 25.6 Å². The number of rotatable bonds is 5. The van der Waals surface area contributed by atoms with E-state index >= 15 is 0 Å². The molecule has 0 bridgehead atoms. The number of benzene rings is 2. The number of aromatic nitrogens is 2. The van der Waals surface area contributed by atoms with Crippen LogP contribution in [-0.2, 0) is 20.4 Å². The van der Waals surface area contributed by atoms with E-state index in [9.17, 15) is 13.2 Å². The van der Waals surface area contributed by atoms with Crippen LogP contribution in [0.3, 0.4) is 0 Å². The van der Waals surface area contributed by atoms with Crippen molar-refractivity contribution in [3.63, 3.8) is 0 Å². The van der Waals surface area contributed by atoms with Gasteiger partial charge < -0.3 is 0 Å². The van der Waals surface area contributed by atoms with Gasteiger partial charge in [-0.05, 0) is 55.7 Å². The van der Waals surface area contributed by atoms with Gasteiger partial charge in [-0.25, -0.2) is 23.0 Å². The first-order valence-corrected chi connectivity index (χ1v) is 14.3. The Hall–Kier alpha value is -1.91. The zero-order valence-corrected chi connectivity index (χ0v) is 22.8. The largest absolute Gasteiger partial charge is 0.280 e. The highest BCUT2D eigenvalue weighted by atomic mass is 79.9. The summed E-state index contributed by atoms with van der Waals surface area (Å²) in [5.74, 6) is -0.182. The number of nitrogens with one attached hydrogen (secondary N) is 1. The van der Waals surface area contributed by atoms with E-state index in [-0.39, 0.29) is 22.9 Å². The first-order chi connectivity index (χ1) is 16.6. The summed E-state index contributed by atoms with van der Waals surface area (Å²) in [6, 6.07) is 11.9. The molecule has 3 aromatic rings. The van der Waals surface area contributed by atoms with Gasteiger partial charge in [-0.15, -0.1) is 0 Å². The van der Waals surface area contributed by atoms with Crippen LogP contribution < -0.4 is 9.62 Å². The predicted octanol–water partition coefficient (Wildman–Crippen LogP) is 6.01. The third-order valence-electron chi connectivity index (χ3n) is 6.69. The van der Waals surface area contributed by atoms with E-state index in [0.29, 0.717) is 21.3 Å². The van der Waals surface area contributed by atoms with Crippen molar-refractivity contribution >= 4 is 66.7 Å². The van der Waals surface area contributed by atoms with Crippen LogP contribution in [0.1, 0.15) is 44.6 Å². The van der Waals surface area contributed by atoms with Crippen molar-refractivity contribution in [3.05, 3.63) is 68.7 Å². The SMILES string of the molecule is C[C@@]1(c2ccc(Br)cc2)C(=O)N(c2cc(Cl)cc(Cl)c2)c2ncc(S(=O)(=O)NC3CCCCC3)n21. The molecule has 2 aromatic carbocycles. The Morgan fingerprint density at radius 2 is 1.69 bits per heavy atom. The van der Waals surface area contributed by atoms with Crippen molar-refractivity contribution in [1.82, 2.24) is 14.3 Å². The standard InChI is InChI=1S/C24H23BrCl2N4O3S/c1-24(15-7-9-16(25)10-8-15)22(32)30(20-12-17(26)11-18(27)13-20)23-28-14-21(31(23)24)35(33,34)29-19-5-3-2-4-6-19/h7-14,19,29H,2-6H2,1H3/t24-/m1/s1. The summed E-state index contributed by atoms with van der Waals surface area (Å²) in [4.78, 5) is 19.9. The molecule has 1 atom stereocenters. The van der Waals surface area contributed by atoms with Gasteiger partial charge in [0.15, 0.2) is 10.6 Å². The normalized spacial score (nSPS) is 20.9. The first kappa shape index (κ1) is 24.8. The highest BCUT2D eigenvalue weighted by molar-refractivity contribution is 9.10. The van der Waals surface area contributed by atoms with Crippen LogP contribution in [0.15, 0.2) is 58.2 Å². The van der Waals surface area contributed by atoms with Crippen molar-refractivity contribution < 1.29 is 13.2 Å². The minimum atomic E-state index is -3.96. The lowest BCUT2D eigenvalue weighted by atomic mass is 9.91. The summed E-state index contributed by atoms with van der Waals surface area (Å²) in [5, 5.41) is 0.636. The Morgan fingerprint density at radius 3 is 2.31 bits per heavy atom. The molecule has 1 fully saturated rings. The fraction of sp³-hybridized carbons (Fsp3) is 0.333. The zero-order chi connectivity index (χ0) is 25.0. The van der Waals surface area contributed by atoms with Gasteiger partial charge in [0.1, 0.15) is 0 Å². The van der Waals surface area contributed by atoms with Crippen molar-refractivity contribution in [2.75, 3.05) is 4.90 Å². The summed E-state index contributed by atoms with van der Waals surface area (Å²) < 4.78 is 32.4. The Labute approximate surface area is 222 Å². The van der Waals surface area contributed by atoms with E-state index in [1.165, 1.54) is 15.7 Å². The molecule has 2 heterocycles. The molecule has 1 N–H and O–H groups in total. The number of hydrogen-bond acceptors (Lipinski definition) is 4. The number of nitrogens with zero attached hydrogens (tertiary/aromatic N) is 3. The third-order valence-corrected chi connectivity index (χ3v) is 9.14. The number of carbonyl (C=O) groups excluding carboxylic acids is 1. The quantitative estimate of drug-likeness (QED) is 0.391. The molecule has 7 nitrogen and oxygen atoms in total. The van der Waals surface area contributed by atoms with Crippen LogP contribution in [0.25, 0.3) is 0 Å². The minimum absolute atomic E-state index is 0.0625. The molecule has 0 radical (unpaired) electrons. The lowest BCUT2D eigenvalue weighted by Crippen LogP contribution is -2.43. The topological polar surface area (TPSA) is 84.3 Å². The van der Waals surface area contributed by atoms with Crippen LogP contribution in [0.5, 0.6) is 0 Å². The molecule has 1 amide bonds. The van der Waals surface area contributed by atoms with Crippen molar-refractivity contribution in [2.24, 2.45) is 0 Å². The van der Waals surface area contributed by atoms with E-state index in [1.54, 1.807) is 37.3 Å². The van der Waals surface area contributed by atoms with Crippen molar-refractivity contribution in [2.45, 2.75) is 55.6 Å². The predicted molar refractivity (Wildman–Crippen MR) is 140 cm³/mol. The number of amides is 1. The Balaban J connectivity index is 1.69. The highest BCUT2D eigenvalue weighted by Crippen LogP contribution is 2.46. The first-order valence-electron chi connectivity index (χ1n) is 11.3. The fourth-order valence-electron chi connectivity index (χ4n) is 4.93. The average Bonchev–Trinajstić information content (AvgIpc) is 3.33. The Bertz CT molecular complexity index is 1380. The summed E-state index contributed by atoms with van der Waals surface area (Å²) in [6.07, 6.45) is 5.95. The van der Waals surface area contributed by atoms with Gasteiger partial charge in [0.2, 0.25) is 5.95 Å². The van der Waals surface area contributed by atoms with Gasteiger partial charge in [-0.1, -0.05) is 70.5 Å². The molecule has 1 saturated carbocycles. The molecule has 184 valence electrons. The molecule has 11 heteroatoms. The Kier molecular flexibility index (Phi) is 6.51. The minimum Gasteiger partial charge on any atom is -0.280 e. The molecule has 0 unspecified atom stereocenters. The van der Waals surface area contributed by atoms with Gasteiger partial charge in [-0.2, -0.15) is 0 Å². The number of halogens is 3. The molecule has 1 aliphatic heterocycles. The van der Waals surface area contributed by atoms with Crippen LogP contribution in [0.4, 0.5) is 11.6 Å². The summed E-state index contributed by atoms with van der Waals surface area (Å²) >= 11 is 15.9. The molecule has 0 saturated heterocycles. The smallest absolute Gasteiger partial charge is 0.264 e. The third kappa shape index (κ3) is 4.31. The molecule has 2 aliphatic rings. The maximum Gasteiger partial charge on any atom is 0.264 e. The Morgan fingerprint density at radius 1 is 1.06 bits per heavy atom. The van der Waals surface area contributed by atoms with E-state index in [1.807, 2.05) is 12.1 Å². The second kappa shape index (κ2) is 9.19. The van der Waals surface area contributed by atoms with E-state index in [0.717, 1.165) is 36.6 Å². The van der Waals surface area contributed by atoms with E-state index < -0.39 is 15.6 Å². The van der Waals surface area contributed by atoms with Crippen LogP contribution >= 0.6 is 39.1 Å². The number of anilines is 2. The van der Waals surface area contributed by atoms with Gasteiger partial charge in [0.05, 0.1) is 11.9 Å². The molecule has 35 heavy (non-hydrogen) atoms. The number of fused-ring (bicyclic) bond motifs is 1. The maximum absolute atomic E-state index is 14.1.